The maximum atomic E-state index is 12.2. The van der Waals surface area contributed by atoms with Crippen LogP contribution in [0.15, 0.2) is 78.9 Å². The third-order valence-electron chi connectivity index (χ3n) is 8.13. The van der Waals surface area contributed by atoms with Crippen LogP contribution in [0.4, 0.5) is 11.4 Å². The molecule has 3 aromatic rings. The summed E-state index contributed by atoms with van der Waals surface area (Å²) < 4.78 is 11.8. The Morgan fingerprint density at radius 3 is 1.60 bits per heavy atom. The standard InChI is InChI=1S/C34H44N4O5/c1-27(39)33-13-12-32(42-25-30(40)23-35-14-18-37(19-15-35)28-8-4-2-5-9-28)22-34(33)43-26-31(41)24-36-16-20-38(21-17-36)29-10-6-3-7-11-29/h2-13,22,30-31,40-41H,14-21,23-26H2,1H3. The number of ether oxygens (including phenoxy) is 2. The first kappa shape index (κ1) is 30.8. The molecule has 2 aliphatic rings. The number of hydrogen-bond acceptors (Lipinski definition) is 9. The van der Waals surface area contributed by atoms with Crippen molar-refractivity contribution < 1.29 is 24.5 Å². The number of rotatable bonds is 13. The lowest BCUT2D eigenvalue weighted by Gasteiger charge is -2.36. The fraction of sp³-hybridized carbons (Fsp3) is 0.441. The number of nitrogens with zero attached hydrogens (tertiary/aromatic N) is 4. The summed E-state index contributed by atoms with van der Waals surface area (Å²) in [6.45, 7) is 9.84. The van der Waals surface area contributed by atoms with Gasteiger partial charge in [-0.1, -0.05) is 36.4 Å². The summed E-state index contributed by atoms with van der Waals surface area (Å²) in [6, 6.07) is 25.8. The van der Waals surface area contributed by atoms with E-state index in [4.69, 9.17) is 9.47 Å². The van der Waals surface area contributed by atoms with Crippen molar-refractivity contribution in [3.63, 3.8) is 0 Å². The van der Waals surface area contributed by atoms with E-state index in [2.05, 4.69) is 68.1 Å². The van der Waals surface area contributed by atoms with E-state index in [1.165, 1.54) is 18.3 Å². The minimum atomic E-state index is -0.697. The van der Waals surface area contributed by atoms with Gasteiger partial charge in [0.1, 0.15) is 36.9 Å². The van der Waals surface area contributed by atoms with Crippen LogP contribution in [-0.2, 0) is 0 Å². The van der Waals surface area contributed by atoms with Crippen LogP contribution in [-0.4, -0.2) is 117 Å². The summed E-state index contributed by atoms with van der Waals surface area (Å²) in [4.78, 5) is 21.5. The largest absolute Gasteiger partial charge is 0.491 e. The molecule has 0 radical (unpaired) electrons. The summed E-state index contributed by atoms with van der Waals surface area (Å²) in [7, 11) is 0. The molecule has 2 heterocycles. The average Bonchev–Trinajstić information content (AvgIpc) is 3.04. The lowest BCUT2D eigenvalue weighted by molar-refractivity contribution is 0.0634. The fourth-order valence-corrected chi connectivity index (χ4v) is 5.74. The van der Waals surface area contributed by atoms with Crippen molar-refractivity contribution in [2.24, 2.45) is 0 Å². The number of aliphatic hydroxyl groups excluding tert-OH is 2. The third-order valence-corrected chi connectivity index (χ3v) is 8.13. The molecule has 0 saturated carbocycles. The molecule has 2 unspecified atom stereocenters. The van der Waals surface area contributed by atoms with E-state index >= 15 is 0 Å². The molecule has 5 rings (SSSR count). The molecule has 230 valence electrons. The van der Waals surface area contributed by atoms with Crippen molar-refractivity contribution in [3.8, 4) is 11.5 Å². The Balaban J connectivity index is 1.05. The van der Waals surface area contributed by atoms with Gasteiger partial charge in [-0.3, -0.25) is 14.6 Å². The Kier molecular flexibility index (Phi) is 10.9. The Hall–Kier alpha value is -3.63. The number of para-hydroxylation sites is 2. The Labute approximate surface area is 254 Å². The zero-order chi connectivity index (χ0) is 30.0. The van der Waals surface area contributed by atoms with Gasteiger partial charge in [0.15, 0.2) is 5.78 Å². The SMILES string of the molecule is CC(=O)c1ccc(OCC(O)CN2CCN(c3ccccc3)CC2)cc1OCC(O)CN1CCN(c2ccccc2)CC1. The van der Waals surface area contributed by atoms with Crippen molar-refractivity contribution in [1.29, 1.82) is 0 Å². The first-order chi connectivity index (χ1) is 20.9. The normalized spacial score (nSPS) is 17.8. The summed E-state index contributed by atoms with van der Waals surface area (Å²) in [6.07, 6.45) is -1.35. The highest BCUT2D eigenvalue weighted by molar-refractivity contribution is 5.97. The van der Waals surface area contributed by atoms with Gasteiger partial charge in [-0.25, -0.2) is 0 Å². The number of anilines is 2. The van der Waals surface area contributed by atoms with E-state index in [-0.39, 0.29) is 19.0 Å². The summed E-state index contributed by atoms with van der Waals surface area (Å²) in [5, 5.41) is 21.4. The number of carbonyl (C=O) groups excluding carboxylic acids is 1. The van der Waals surface area contributed by atoms with Crippen molar-refractivity contribution in [1.82, 2.24) is 9.80 Å². The Bertz CT molecular complexity index is 1280. The molecule has 0 bridgehead atoms. The number of benzene rings is 3. The predicted octanol–water partition coefficient (Wildman–Crippen LogP) is 3.01. The highest BCUT2D eigenvalue weighted by Gasteiger charge is 2.22. The fourth-order valence-electron chi connectivity index (χ4n) is 5.74. The van der Waals surface area contributed by atoms with Gasteiger partial charge in [-0.2, -0.15) is 0 Å². The van der Waals surface area contributed by atoms with Gasteiger partial charge in [0.25, 0.3) is 0 Å². The second kappa shape index (κ2) is 15.2. The first-order valence-corrected chi connectivity index (χ1v) is 15.3. The van der Waals surface area contributed by atoms with Gasteiger partial charge in [0.2, 0.25) is 0 Å². The molecule has 2 saturated heterocycles. The van der Waals surface area contributed by atoms with Crippen LogP contribution in [0.25, 0.3) is 0 Å². The minimum Gasteiger partial charge on any atom is -0.491 e. The van der Waals surface area contributed by atoms with Gasteiger partial charge < -0.3 is 29.5 Å². The van der Waals surface area contributed by atoms with Crippen LogP contribution in [0.2, 0.25) is 0 Å². The number of carbonyl (C=O) groups is 1. The van der Waals surface area contributed by atoms with Crippen LogP contribution in [0.1, 0.15) is 17.3 Å². The molecule has 9 heteroatoms. The topological polar surface area (TPSA) is 89.0 Å². The first-order valence-electron chi connectivity index (χ1n) is 15.3. The minimum absolute atomic E-state index is 0.0697. The van der Waals surface area contributed by atoms with E-state index in [1.54, 1.807) is 18.2 Å². The summed E-state index contributed by atoms with van der Waals surface area (Å²) in [5.74, 6) is 0.770. The van der Waals surface area contributed by atoms with Gasteiger partial charge >= 0.3 is 0 Å². The van der Waals surface area contributed by atoms with Gasteiger partial charge in [0.05, 0.1) is 5.56 Å². The molecule has 0 spiro atoms. The second-order valence-electron chi connectivity index (χ2n) is 11.4. The molecule has 0 aliphatic carbocycles. The lowest BCUT2D eigenvalue weighted by Crippen LogP contribution is -2.49. The van der Waals surface area contributed by atoms with Crippen LogP contribution in [0, 0.1) is 0 Å². The van der Waals surface area contributed by atoms with E-state index in [0.717, 1.165) is 52.4 Å². The lowest BCUT2D eigenvalue weighted by atomic mass is 10.1. The van der Waals surface area contributed by atoms with Crippen molar-refractivity contribution in [3.05, 3.63) is 84.4 Å². The highest BCUT2D eigenvalue weighted by Crippen LogP contribution is 2.26. The second-order valence-corrected chi connectivity index (χ2v) is 11.4. The molecule has 0 aromatic heterocycles. The number of hydrogen-bond donors (Lipinski definition) is 2. The molecular formula is C34H44N4O5. The summed E-state index contributed by atoms with van der Waals surface area (Å²) >= 11 is 0. The number of ketones is 1. The molecule has 2 fully saturated rings. The van der Waals surface area contributed by atoms with Crippen LogP contribution in [0.5, 0.6) is 11.5 Å². The Morgan fingerprint density at radius 1 is 0.674 bits per heavy atom. The van der Waals surface area contributed by atoms with Crippen LogP contribution in [0.3, 0.4) is 0 Å². The average molecular weight is 589 g/mol. The highest BCUT2D eigenvalue weighted by atomic mass is 16.5. The zero-order valence-electron chi connectivity index (χ0n) is 25.1. The molecule has 2 N–H and O–H groups in total. The van der Waals surface area contributed by atoms with Gasteiger partial charge in [0, 0.05) is 82.9 Å². The number of piperazine rings is 2. The molecule has 3 aromatic carbocycles. The monoisotopic (exact) mass is 588 g/mol. The quantitative estimate of drug-likeness (QED) is 0.293. The molecule has 9 nitrogen and oxygen atoms in total. The van der Waals surface area contributed by atoms with Crippen LogP contribution < -0.4 is 19.3 Å². The molecular weight excluding hydrogens is 544 g/mol. The molecule has 0 amide bonds. The van der Waals surface area contributed by atoms with Crippen molar-refractivity contribution >= 4 is 17.2 Å². The number of β-amino-alcohol motifs (C(OH)–C–C–N with tert-alkyl or cyclic N) is 2. The smallest absolute Gasteiger partial charge is 0.163 e. The molecule has 2 atom stereocenters. The van der Waals surface area contributed by atoms with Crippen LogP contribution >= 0.6 is 0 Å². The zero-order valence-corrected chi connectivity index (χ0v) is 25.1. The number of Topliss-reactive ketones (excluding diaryl/α,β-unsaturated/α-hetero) is 1. The van der Waals surface area contributed by atoms with Crippen molar-refractivity contribution in [2.75, 3.05) is 88.5 Å². The van der Waals surface area contributed by atoms with E-state index in [1.807, 2.05) is 12.1 Å². The molecule has 43 heavy (non-hydrogen) atoms. The van der Waals surface area contributed by atoms with Gasteiger partial charge in [-0.05, 0) is 43.3 Å². The Morgan fingerprint density at radius 2 is 1.14 bits per heavy atom. The van der Waals surface area contributed by atoms with Crippen molar-refractivity contribution in [2.45, 2.75) is 19.1 Å². The maximum absolute atomic E-state index is 12.2. The predicted molar refractivity (Wildman–Crippen MR) is 170 cm³/mol. The number of aliphatic hydroxyl groups is 2. The van der Waals surface area contributed by atoms with Gasteiger partial charge in [-0.15, -0.1) is 0 Å². The third kappa shape index (κ3) is 8.93. The maximum Gasteiger partial charge on any atom is 0.163 e. The van der Waals surface area contributed by atoms with E-state index in [9.17, 15) is 15.0 Å². The summed E-state index contributed by atoms with van der Waals surface area (Å²) in [5.41, 5.74) is 2.89. The molecule has 2 aliphatic heterocycles. The van der Waals surface area contributed by atoms with E-state index < -0.39 is 12.2 Å². The van der Waals surface area contributed by atoms with E-state index in [0.29, 0.717) is 30.2 Å².